The van der Waals surface area contributed by atoms with E-state index >= 15 is 0 Å². The fourth-order valence-electron chi connectivity index (χ4n) is 4.69. The molecule has 1 amide bonds. The third-order valence-electron chi connectivity index (χ3n) is 6.69. The first-order chi connectivity index (χ1) is 21.2. The van der Waals surface area contributed by atoms with E-state index in [0.29, 0.717) is 40.5 Å². The van der Waals surface area contributed by atoms with Crippen molar-refractivity contribution in [2.45, 2.75) is 32.7 Å². The summed E-state index contributed by atoms with van der Waals surface area (Å²) < 4.78 is 48.7. The molecule has 0 radical (unpaired) electrons. The van der Waals surface area contributed by atoms with Crippen molar-refractivity contribution >= 4 is 16.9 Å². The van der Waals surface area contributed by atoms with E-state index in [1.807, 2.05) is 13.0 Å². The maximum absolute atomic E-state index is 13.7. The van der Waals surface area contributed by atoms with Gasteiger partial charge in [0.15, 0.2) is 5.65 Å². The number of rotatable bonds is 11. The molecule has 5 aromatic rings. The average molecular weight is 604 g/mol. The average Bonchev–Trinajstić information content (AvgIpc) is 3.01. The minimum absolute atomic E-state index is 0.0645. The number of hydrogen-bond acceptors (Lipinski definition) is 7. The molecule has 5 rings (SSSR count). The Hall–Kier alpha value is -5.26. The zero-order chi connectivity index (χ0) is 31.1. The number of nitrogens with zero attached hydrogens (tertiary/aromatic N) is 5. The smallest absolute Gasteiger partial charge is 0.494 e. The number of hydrogen-bond donors (Lipinski definition) is 0. The lowest BCUT2D eigenvalue weighted by Gasteiger charge is -2.24. The summed E-state index contributed by atoms with van der Waals surface area (Å²) in [5.41, 5.74) is 1.87. The van der Waals surface area contributed by atoms with Crippen LogP contribution in [0.4, 0.5) is 13.2 Å². The molecule has 9 nitrogen and oxygen atoms in total. The van der Waals surface area contributed by atoms with Crippen LogP contribution in [0.25, 0.3) is 16.7 Å². The molecular weight excluding hydrogens is 575 g/mol. The number of alkyl halides is 3. The second-order valence-corrected chi connectivity index (χ2v) is 9.77. The summed E-state index contributed by atoms with van der Waals surface area (Å²) in [5, 5.41) is 0.353. The molecule has 44 heavy (non-hydrogen) atoms. The van der Waals surface area contributed by atoms with E-state index in [4.69, 9.17) is 9.72 Å². The SMILES string of the molecule is CCOc1ccc(-n2c(CCN(Cc3cccnc3)C(=O)Cc3ccc(OC(F)(F)F)cc3)nc3ncccc3c2=O)cc1. The van der Waals surface area contributed by atoms with Crippen molar-refractivity contribution in [2.24, 2.45) is 0 Å². The van der Waals surface area contributed by atoms with Crippen molar-refractivity contribution in [1.82, 2.24) is 24.4 Å². The van der Waals surface area contributed by atoms with E-state index in [1.54, 1.807) is 66.0 Å². The Labute approximate surface area is 250 Å². The highest BCUT2D eigenvalue weighted by molar-refractivity contribution is 5.79. The van der Waals surface area contributed by atoms with Crippen molar-refractivity contribution in [2.75, 3.05) is 13.2 Å². The van der Waals surface area contributed by atoms with Crippen LogP contribution in [0.1, 0.15) is 23.9 Å². The number of halogens is 3. The van der Waals surface area contributed by atoms with Crippen LogP contribution < -0.4 is 15.0 Å². The standard InChI is InChI=1S/C32H28F3N5O4/c1-2-43-25-13-9-24(10-14-25)40-28(38-30-27(31(40)42)6-4-17-37-30)15-18-39(21-23-5-3-16-36-20-23)29(41)19-22-7-11-26(12-8-22)44-32(33,34)35/h3-14,16-17,20H,2,15,18-19,21H2,1H3. The van der Waals surface area contributed by atoms with Crippen molar-refractivity contribution in [1.29, 1.82) is 0 Å². The number of benzene rings is 2. The van der Waals surface area contributed by atoms with Gasteiger partial charge in [-0.25, -0.2) is 9.97 Å². The zero-order valence-electron chi connectivity index (χ0n) is 23.7. The number of carbonyl (C=O) groups is 1. The first-order valence-corrected chi connectivity index (χ1v) is 13.8. The predicted molar refractivity (Wildman–Crippen MR) is 156 cm³/mol. The zero-order valence-corrected chi connectivity index (χ0v) is 23.7. The molecule has 0 spiro atoms. The first-order valence-electron chi connectivity index (χ1n) is 13.8. The Morgan fingerprint density at radius 3 is 2.34 bits per heavy atom. The molecular formula is C32H28F3N5O4. The van der Waals surface area contributed by atoms with Crippen LogP contribution in [0.15, 0.2) is 96.2 Å². The fraction of sp³-hybridized carbons (Fsp3) is 0.219. The van der Waals surface area contributed by atoms with E-state index in [0.717, 1.165) is 5.56 Å². The molecule has 0 atom stereocenters. The number of ether oxygens (including phenoxy) is 2. The number of pyridine rings is 2. The van der Waals surface area contributed by atoms with Gasteiger partial charge >= 0.3 is 6.36 Å². The summed E-state index contributed by atoms with van der Waals surface area (Å²) in [6.07, 6.45) is 0.170. The van der Waals surface area contributed by atoms with E-state index in [2.05, 4.69) is 14.7 Å². The molecule has 0 N–H and O–H groups in total. The van der Waals surface area contributed by atoms with Crippen LogP contribution in [0.5, 0.6) is 11.5 Å². The second kappa shape index (κ2) is 13.4. The molecule has 226 valence electrons. The second-order valence-electron chi connectivity index (χ2n) is 9.77. The Kier molecular flexibility index (Phi) is 9.17. The lowest BCUT2D eigenvalue weighted by atomic mass is 10.1. The van der Waals surface area contributed by atoms with E-state index in [-0.39, 0.29) is 43.1 Å². The Balaban J connectivity index is 1.43. The van der Waals surface area contributed by atoms with Gasteiger partial charge in [0.05, 0.1) is 24.1 Å². The van der Waals surface area contributed by atoms with Gasteiger partial charge in [0.1, 0.15) is 17.3 Å². The van der Waals surface area contributed by atoms with Crippen LogP contribution in [0.2, 0.25) is 0 Å². The molecule has 0 unspecified atom stereocenters. The minimum atomic E-state index is -4.81. The van der Waals surface area contributed by atoms with Crippen LogP contribution in [0.3, 0.4) is 0 Å². The van der Waals surface area contributed by atoms with E-state index in [9.17, 15) is 22.8 Å². The quantitative estimate of drug-likeness (QED) is 0.202. The van der Waals surface area contributed by atoms with Gasteiger partial charge in [-0.05, 0) is 72.6 Å². The van der Waals surface area contributed by atoms with Gasteiger partial charge in [0.2, 0.25) is 5.91 Å². The molecule has 0 saturated carbocycles. The van der Waals surface area contributed by atoms with Crippen LogP contribution in [0, 0.1) is 0 Å². The van der Waals surface area contributed by atoms with E-state index in [1.165, 1.54) is 28.8 Å². The molecule has 0 bridgehead atoms. The Morgan fingerprint density at radius 2 is 1.66 bits per heavy atom. The third-order valence-corrected chi connectivity index (χ3v) is 6.69. The molecule has 3 heterocycles. The highest BCUT2D eigenvalue weighted by Gasteiger charge is 2.31. The largest absolute Gasteiger partial charge is 0.573 e. The van der Waals surface area contributed by atoms with Crippen molar-refractivity contribution in [3.63, 3.8) is 0 Å². The predicted octanol–water partition coefficient (Wildman–Crippen LogP) is 5.29. The summed E-state index contributed by atoms with van der Waals surface area (Å²) in [5.74, 6) is 0.423. The van der Waals surface area contributed by atoms with Gasteiger partial charge in [-0.3, -0.25) is 19.1 Å². The number of carbonyl (C=O) groups excluding carboxylic acids is 1. The van der Waals surface area contributed by atoms with Gasteiger partial charge in [0.25, 0.3) is 5.56 Å². The molecule has 0 fully saturated rings. The molecule has 0 aliphatic carbocycles. The van der Waals surface area contributed by atoms with Gasteiger partial charge < -0.3 is 14.4 Å². The van der Waals surface area contributed by atoms with Crippen LogP contribution in [-0.2, 0) is 24.2 Å². The minimum Gasteiger partial charge on any atom is -0.494 e. The highest BCUT2D eigenvalue weighted by atomic mass is 19.4. The third kappa shape index (κ3) is 7.57. The summed E-state index contributed by atoms with van der Waals surface area (Å²) >= 11 is 0. The molecule has 3 aromatic heterocycles. The maximum atomic E-state index is 13.7. The normalized spacial score (nSPS) is 11.4. The van der Waals surface area contributed by atoms with Crippen LogP contribution >= 0.6 is 0 Å². The topological polar surface area (TPSA) is 99.4 Å². The monoisotopic (exact) mass is 603 g/mol. The molecule has 2 aromatic carbocycles. The number of aromatic nitrogens is 4. The first kappa shape index (κ1) is 30.2. The van der Waals surface area contributed by atoms with Gasteiger partial charge in [-0.1, -0.05) is 18.2 Å². The van der Waals surface area contributed by atoms with Gasteiger partial charge in [-0.15, -0.1) is 13.2 Å². The van der Waals surface area contributed by atoms with E-state index < -0.39 is 6.36 Å². The summed E-state index contributed by atoms with van der Waals surface area (Å²) in [4.78, 5) is 41.9. The van der Waals surface area contributed by atoms with Gasteiger partial charge in [-0.2, -0.15) is 0 Å². The fourth-order valence-corrected chi connectivity index (χ4v) is 4.69. The Bertz CT molecular complexity index is 1780. The highest BCUT2D eigenvalue weighted by Crippen LogP contribution is 2.23. The van der Waals surface area contributed by atoms with Crippen molar-refractivity contribution in [3.8, 4) is 17.2 Å². The Morgan fingerprint density at radius 1 is 0.932 bits per heavy atom. The summed E-state index contributed by atoms with van der Waals surface area (Å²) in [6, 6.07) is 19.2. The lowest BCUT2D eigenvalue weighted by molar-refractivity contribution is -0.274. The van der Waals surface area contributed by atoms with Crippen LogP contribution in [-0.4, -0.2) is 49.8 Å². The van der Waals surface area contributed by atoms with Gasteiger partial charge in [0, 0.05) is 38.1 Å². The number of fused-ring (bicyclic) bond motifs is 1. The molecule has 0 aliphatic heterocycles. The molecule has 0 aliphatic rings. The maximum Gasteiger partial charge on any atom is 0.573 e. The lowest BCUT2D eigenvalue weighted by Crippen LogP contribution is -2.35. The number of amides is 1. The van der Waals surface area contributed by atoms with Crippen molar-refractivity contribution in [3.05, 3.63) is 119 Å². The van der Waals surface area contributed by atoms with Crippen molar-refractivity contribution < 1.29 is 27.4 Å². The summed E-state index contributed by atoms with van der Waals surface area (Å²) in [7, 11) is 0. The summed E-state index contributed by atoms with van der Waals surface area (Å²) in [6.45, 7) is 2.79. The molecule has 12 heteroatoms. The molecule has 0 saturated heterocycles.